The van der Waals surface area contributed by atoms with Crippen LogP contribution in [0.3, 0.4) is 0 Å². The molecule has 0 saturated carbocycles. The van der Waals surface area contributed by atoms with E-state index in [1.54, 1.807) is 54.6 Å². The van der Waals surface area contributed by atoms with Crippen LogP contribution in [-0.2, 0) is 14.6 Å². The lowest BCUT2D eigenvalue weighted by atomic mass is 10.1. The van der Waals surface area contributed by atoms with Crippen LogP contribution < -0.4 is 5.32 Å². The monoisotopic (exact) mass is 415 g/mol. The molecule has 148 valence electrons. The van der Waals surface area contributed by atoms with Gasteiger partial charge in [-0.25, -0.2) is 8.42 Å². The molecule has 0 fully saturated rings. The number of nitrogens with one attached hydrogen (secondary N) is 2. The molecule has 2 heterocycles. The predicted octanol–water partition coefficient (Wildman–Crippen LogP) is 3.79. The molecule has 1 aromatic heterocycles. The van der Waals surface area contributed by atoms with Crippen LogP contribution in [0, 0.1) is 0 Å². The highest BCUT2D eigenvalue weighted by Gasteiger charge is 2.24. The summed E-state index contributed by atoms with van der Waals surface area (Å²) in [5, 5.41) is 3.79. The zero-order chi connectivity index (χ0) is 20.7. The van der Waals surface area contributed by atoms with Gasteiger partial charge in [0.2, 0.25) is 15.7 Å². The van der Waals surface area contributed by atoms with Gasteiger partial charge in [0.25, 0.3) is 0 Å². The van der Waals surface area contributed by atoms with Crippen molar-refractivity contribution >= 4 is 38.0 Å². The fourth-order valence-electron chi connectivity index (χ4n) is 3.64. The summed E-state index contributed by atoms with van der Waals surface area (Å²) in [4.78, 5) is 20.5. The van der Waals surface area contributed by atoms with E-state index >= 15 is 0 Å². The van der Waals surface area contributed by atoms with E-state index in [0.717, 1.165) is 10.9 Å². The summed E-state index contributed by atoms with van der Waals surface area (Å²) in [6.07, 6.45) is 0. The third-order valence-corrected chi connectivity index (χ3v) is 6.83. The van der Waals surface area contributed by atoms with Gasteiger partial charge in [0.15, 0.2) is 0 Å². The molecular formula is C23H17N3O3S. The summed E-state index contributed by atoms with van der Waals surface area (Å²) >= 11 is 0. The molecule has 0 aliphatic carbocycles. The molecule has 0 radical (unpaired) electrons. The van der Waals surface area contributed by atoms with E-state index in [9.17, 15) is 13.2 Å². The second kappa shape index (κ2) is 6.96. The molecule has 1 aliphatic rings. The van der Waals surface area contributed by atoms with Crippen molar-refractivity contribution in [3.63, 3.8) is 0 Å². The molecule has 1 aliphatic heterocycles. The summed E-state index contributed by atoms with van der Waals surface area (Å²) < 4.78 is 26.1. The number of H-pyrrole nitrogens is 1. The number of amides is 1. The lowest BCUT2D eigenvalue weighted by Gasteiger charge is -2.09. The van der Waals surface area contributed by atoms with Crippen molar-refractivity contribution in [1.29, 1.82) is 0 Å². The maximum atomic E-state index is 13.1. The van der Waals surface area contributed by atoms with Crippen LogP contribution in [0.4, 0.5) is 5.69 Å². The molecule has 0 saturated heterocycles. The molecule has 1 amide bonds. The average molecular weight is 415 g/mol. The Bertz CT molecular complexity index is 1420. The molecule has 0 bridgehead atoms. The predicted molar refractivity (Wildman–Crippen MR) is 116 cm³/mol. The van der Waals surface area contributed by atoms with Crippen molar-refractivity contribution in [3.8, 4) is 0 Å². The number of nitrogens with zero attached hydrogens (tertiary/aromatic N) is 1. The van der Waals surface area contributed by atoms with Crippen molar-refractivity contribution in [3.05, 3.63) is 90.1 Å². The van der Waals surface area contributed by atoms with Gasteiger partial charge in [-0.3, -0.25) is 9.79 Å². The topological polar surface area (TPSA) is 91.4 Å². The van der Waals surface area contributed by atoms with Crippen LogP contribution in [0.1, 0.15) is 11.3 Å². The molecule has 3 aromatic carbocycles. The van der Waals surface area contributed by atoms with E-state index < -0.39 is 9.84 Å². The summed E-state index contributed by atoms with van der Waals surface area (Å²) in [5.74, 6) is -0.218. The highest BCUT2D eigenvalue weighted by Crippen LogP contribution is 2.32. The number of hydrogen-bond acceptors (Lipinski definition) is 4. The molecule has 0 unspecified atom stereocenters. The van der Waals surface area contributed by atoms with Gasteiger partial charge in [-0.05, 0) is 30.3 Å². The highest BCUT2D eigenvalue weighted by atomic mass is 32.2. The van der Waals surface area contributed by atoms with Gasteiger partial charge in [-0.15, -0.1) is 0 Å². The van der Waals surface area contributed by atoms with Crippen LogP contribution in [0.15, 0.2) is 93.6 Å². The normalized spacial score (nSPS) is 14.0. The Morgan fingerprint density at radius 2 is 1.57 bits per heavy atom. The molecule has 2 N–H and O–H groups in total. The quantitative estimate of drug-likeness (QED) is 0.533. The summed E-state index contributed by atoms with van der Waals surface area (Å²) in [6.45, 7) is -0.0398. The van der Waals surface area contributed by atoms with Crippen LogP contribution in [0.25, 0.3) is 10.9 Å². The Morgan fingerprint density at radius 3 is 2.40 bits per heavy atom. The number of hydrogen-bond donors (Lipinski definition) is 2. The van der Waals surface area contributed by atoms with Gasteiger partial charge in [0.05, 0.1) is 26.9 Å². The molecule has 0 atom stereocenters. The molecule has 30 heavy (non-hydrogen) atoms. The SMILES string of the molecule is O=C1CN=C(c2cccc(S(=O)(=O)c3ccccc3)c2)c2[nH]c3ccccc3c2N1. The number of anilines is 1. The standard InChI is InChI=1S/C23H17N3O3S/c27-20-14-24-21(23-22(26-20)18-11-4-5-12-19(18)25-23)15-7-6-10-17(13-15)30(28,29)16-8-2-1-3-9-16/h1-13,25H,14H2,(H,26,27). The van der Waals surface area contributed by atoms with E-state index in [2.05, 4.69) is 15.3 Å². The Labute approximate surface area is 173 Å². The van der Waals surface area contributed by atoms with Crippen LogP contribution in [-0.4, -0.2) is 31.6 Å². The largest absolute Gasteiger partial charge is 0.351 e. The molecule has 5 rings (SSSR count). The lowest BCUT2D eigenvalue weighted by Crippen LogP contribution is -2.13. The third kappa shape index (κ3) is 3.00. The Morgan fingerprint density at radius 1 is 0.833 bits per heavy atom. The minimum absolute atomic E-state index is 0.0398. The van der Waals surface area contributed by atoms with Crippen molar-refractivity contribution < 1.29 is 13.2 Å². The number of benzene rings is 3. The smallest absolute Gasteiger partial charge is 0.246 e. The first-order valence-corrected chi connectivity index (χ1v) is 10.9. The van der Waals surface area contributed by atoms with Crippen molar-refractivity contribution in [1.82, 2.24) is 4.98 Å². The van der Waals surface area contributed by atoms with E-state index in [4.69, 9.17) is 0 Å². The van der Waals surface area contributed by atoms with Gasteiger partial charge >= 0.3 is 0 Å². The van der Waals surface area contributed by atoms with Gasteiger partial charge < -0.3 is 10.3 Å². The third-order valence-electron chi connectivity index (χ3n) is 5.06. The average Bonchev–Trinajstić information content (AvgIpc) is 3.04. The van der Waals surface area contributed by atoms with E-state index in [1.807, 2.05) is 24.3 Å². The fourth-order valence-corrected chi connectivity index (χ4v) is 4.97. The fraction of sp³-hybridized carbons (Fsp3) is 0.0435. The number of aliphatic imine (C=N–C) groups is 1. The first-order valence-electron chi connectivity index (χ1n) is 9.40. The second-order valence-electron chi connectivity index (χ2n) is 6.98. The van der Waals surface area contributed by atoms with E-state index in [1.165, 1.54) is 0 Å². The molecule has 0 spiro atoms. The van der Waals surface area contributed by atoms with Gasteiger partial charge in [-0.2, -0.15) is 0 Å². The zero-order valence-corrected chi connectivity index (χ0v) is 16.6. The molecule has 6 nitrogen and oxygen atoms in total. The van der Waals surface area contributed by atoms with E-state index in [0.29, 0.717) is 22.7 Å². The molecule has 4 aromatic rings. The first-order chi connectivity index (χ1) is 14.5. The zero-order valence-electron chi connectivity index (χ0n) is 15.8. The number of rotatable bonds is 3. The minimum atomic E-state index is -3.67. The number of para-hydroxylation sites is 1. The number of aromatic amines is 1. The molecule has 7 heteroatoms. The lowest BCUT2D eigenvalue weighted by molar-refractivity contribution is -0.114. The first kappa shape index (κ1) is 18.3. The number of sulfone groups is 1. The van der Waals surface area contributed by atoms with Crippen molar-refractivity contribution in [2.75, 3.05) is 11.9 Å². The number of fused-ring (bicyclic) bond motifs is 3. The summed E-state index contributed by atoms with van der Waals surface area (Å²) in [5.41, 5.74) is 3.35. The van der Waals surface area contributed by atoms with Gasteiger partial charge in [0, 0.05) is 16.5 Å². The van der Waals surface area contributed by atoms with Crippen molar-refractivity contribution in [2.45, 2.75) is 9.79 Å². The molecular weight excluding hydrogens is 398 g/mol. The minimum Gasteiger partial charge on any atom is -0.351 e. The number of aromatic nitrogens is 1. The second-order valence-corrected chi connectivity index (χ2v) is 8.93. The Hall–Kier alpha value is -3.71. The van der Waals surface area contributed by atoms with Gasteiger partial charge in [0.1, 0.15) is 6.54 Å². The Balaban J connectivity index is 1.67. The van der Waals surface area contributed by atoms with Gasteiger partial charge in [-0.1, -0.05) is 48.5 Å². The summed E-state index contributed by atoms with van der Waals surface area (Å²) in [7, 11) is -3.67. The maximum Gasteiger partial charge on any atom is 0.246 e. The van der Waals surface area contributed by atoms with Crippen LogP contribution >= 0.6 is 0 Å². The maximum absolute atomic E-state index is 13.1. The van der Waals surface area contributed by atoms with Crippen molar-refractivity contribution in [2.24, 2.45) is 4.99 Å². The van der Waals surface area contributed by atoms with E-state index in [-0.39, 0.29) is 22.2 Å². The van der Waals surface area contributed by atoms with Crippen LogP contribution in [0.5, 0.6) is 0 Å². The highest BCUT2D eigenvalue weighted by molar-refractivity contribution is 7.91. The number of carbonyl (C=O) groups is 1. The summed E-state index contributed by atoms with van der Waals surface area (Å²) in [6, 6.07) is 22.6. The van der Waals surface area contributed by atoms with Crippen LogP contribution in [0.2, 0.25) is 0 Å². The number of carbonyl (C=O) groups excluding carboxylic acids is 1. The Kier molecular flexibility index (Phi) is 4.25.